The number of carbonyl (C=O) groups excluding carboxylic acids is 1. The van der Waals surface area contributed by atoms with Crippen LogP contribution in [-0.4, -0.2) is 37.6 Å². The Bertz CT molecular complexity index is 692. The monoisotopic (exact) mass is 315 g/mol. The third-order valence-corrected chi connectivity index (χ3v) is 3.52. The van der Waals surface area contributed by atoms with Gasteiger partial charge in [-0.25, -0.2) is 9.79 Å². The second-order valence-electron chi connectivity index (χ2n) is 5.02. The standard InChI is InChI=1S/C17H21N3O3/c1-6-20-10-15(22-4)12(3)18-17(20)19-14-9-13(16(21)23-5)8-7-11(14)2/h7-10H,3,6H2,1-2,4-5H3,(H,18,19). The summed E-state index contributed by atoms with van der Waals surface area (Å²) < 4.78 is 10.0. The number of carbonyl (C=O) groups is 1. The Balaban J connectivity index is 2.43. The van der Waals surface area contributed by atoms with Gasteiger partial charge in [-0.2, -0.15) is 0 Å². The van der Waals surface area contributed by atoms with Gasteiger partial charge in [0.15, 0.2) is 5.76 Å². The Morgan fingerprint density at radius 1 is 1.39 bits per heavy atom. The maximum Gasteiger partial charge on any atom is 0.337 e. The molecule has 1 aromatic rings. The van der Waals surface area contributed by atoms with Crippen LogP contribution in [0.2, 0.25) is 0 Å². The number of methoxy groups -OCH3 is 2. The molecule has 0 bridgehead atoms. The van der Waals surface area contributed by atoms with E-state index in [1.165, 1.54) is 7.11 Å². The number of rotatable bonds is 4. The lowest BCUT2D eigenvalue weighted by Crippen LogP contribution is -2.41. The van der Waals surface area contributed by atoms with E-state index in [0.717, 1.165) is 5.56 Å². The molecular weight excluding hydrogens is 294 g/mol. The predicted octanol–water partition coefficient (Wildman–Crippen LogP) is 2.70. The molecule has 2 rings (SSSR count). The molecule has 0 aromatic heterocycles. The predicted molar refractivity (Wildman–Crippen MR) is 89.4 cm³/mol. The van der Waals surface area contributed by atoms with Gasteiger partial charge in [-0.05, 0) is 31.5 Å². The molecule has 0 spiro atoms. The van der Waals surface area contributed by atoms with Crippen molar-refractivity contribution in [2.75, 3.05) is 20.8 Å². The first-order chi connectivity index (χ1) is 11.0. The molecule has 0 aliphatic carbocycles. The van der Waals surface area contributed by atoms with Gasteiger partial charge < -0.3 is 19.7 Å². The molecule has 0 atom stereocenters. The second kappa shape index (κ2) is 7.00. The van der Waals surface area contributed by atoms with Crippen LogP contribution in [0.25, 0.3) is 0 Å². The fourth-order valence-corrected chi connectivity index (χ4v) is 2.15. The zero-order valence-electron chi connectivity index (χ0n) is 13.8. The lowest BCUT2D eigenvalue weighted by atomic mass is 10.1. The maximum absolute atomic E-state index is 11.7. The number of aryl methyl sites for hydroxylation is 1. The third-order valence-electron chi connectivity index (χ3n) is 3.52. The molecule has 1 heterocycles. The summed E-state index contributed by atoms with van der Waals surface area (Å²) in [5, 5.41) is 3.13. The molecule has 122 valence electrons. The number of aliphatic imine (C=N–C) groups is 1. The summed E-state index contributed by atoms with van der Waals surface area (Å²) in [5.74, 6) is 0.899. The minimum Gasteiger partial charge on any atom is -0.493 e. The molecule has 0 fully saturated rings. The van der Waals surface area contributed by atoms with Crippen molar-refractivity contribution in [3.8, 4) is 0 Å². The van der Waals surface area contributed by atoms with E-state index in [-0.39, 0.29) is 5.97 Å². The average molecular weight is 315 g/mol. The van der Waals surface area contributed by atoms with Gasteiger partial charge >= 0.3 is 5.97 Å². The van der Waals surface area contributed by atoms with Gasteiger partial charge in [0.2, 0.25) is 5.96 Å². The maximum atomic E-state index is 11.7. The molecule has 0 saturated heterocycles. The van der Waals surface area contributed by atoms with Gasteiger partial charge in [0.05, 0.1) is 37.4 Å². The van der Waals surface area contributed by atoms with Crippen LogP contribution in [-0.2, 0) is 9.47 Å². The zero-order chi connectivity index (χ0) is 17.0. The molecule has 23 heavy (non-hydrogen) atoms. The highest BCUT2D eigenvalue weighted by Crippen LogP contribution is 2.23. The second-order valence-corrected chi connectivity index (χ2v) is 5.02. The van der Waals surface area contributed by atoms with Crippen molar-refractivity contribution in [1.29, 1.82) is 0 Å². The van der Waals surface area contributed by atoms with Gasteiger partial charge in [0.25, 0.3) is 0 Å². The minimum atomic E-state index is -0.388. The van der Waals surface area contributed by atoms with E-state index in [9.17, 15) is 4.79 Å². The highest BCUT2D eigenvalue weighted by atomic mass is 16.5. The number of esters is 1. The van der Waals surface area contributed by atoms with E-state index < -0.39 is 0 Å². The normalized spacial score (nSPS) is 16.0. The van der Waals surface area contributed by atoms with Gasteiger partial charge in [0, 0.05) is 6.54 Å². The highest BCUT2D eigenvalue weighted by Gasteiger charge is 2.19. The zero-order valence-corrected chi connectivity index (χ0v) is 13.8. The molecule has 0 amide bonds. The van der Waals surface area contributed by atoms with Gasteiger partial charge in [-0.1, -0.05) is 12.6 Å². The summed E-state index contributed by atoms with van der Waals surface area (Å²) in [7, 11) is 2.95. The van der Waals surface area contributed by atoms with Crippen molar-refractivity contribution in [2.24, 2.45) is 4.99 Å². The molecule has 0 radical (unpaired) electrons. The first kappa shape index (κ1) is 16.6. The Morgan fingerprint density at radius 2 is 2.13 bits per heavy atom. The number of hydrogen-bond acceptors (Lipinski definition) is 4. The molecule has 1 aliphatic heterocycles. The minimum absolute atomic E-state index is 0.388. The van der Waals surface area contributed by atoms with Crippen molar-refractivity contribution >= 4 is 17.6 Å². The molecule has 1 aromatic carbocycles. The summed E-state index contributed by atoms with van der Waals surface area (Å²) in [5.41, 5.74) is 2.74. The lowest BCUT2D eigenvalue weighted by molar-refractivity contribution is 0.0601. The van der Waals surface area contributed by atoms with Crippen LogP contribution in [0.5, 0.6) is 0 Å². The topological polar surface area (TPSA) is 63.2 Å². The van der Waals surface area contributed by atoms with E-state index in [1.54, 1.807) is 19.2 Å². The number of guanidine groups is 1. The molecule has 6 nitrogen and oxygen atoms in total. The van der Waals surface area contributed by atoms with Crippen molar-refractivity contribution < 1.29 is 14.3 Å². The van der Waals surface area contributed by atoms with Crippen LogP contribution in [0.4, 0.5) is 5.69 Å². The first-order valence-corrected chi connectivity index (χ1v) is 7.26. The Morgan fingerprint density at radius 3 is 2.74 bits per heavy atom. The molecule has 6 heteroatoms. The first-order valence-electron chi connectivity index (χ1n) is 7.26. The molecule has 0 saturated carbocycles. The van der Waals surface area contributed by atoms with Crippen molar-refractivity contribution in [2.45, 2.75) is 13.8 Å². The fourth-order valence-electron chi connectivity index (χ4n) is 2.15. The quantitative estimate of drug-likeness (QED) is 0.866. The molecular formula is C17H21N3O3. The summed E-state index contributed by atoms with van der Waals surface area (Å²) in [6.07, 6.45) is 1.84. The van der Waals surface area contributed by atoms with E-state index in [1.807, 2.05) is 31.0 Å². The Hall–Kier alpha value is -2.76. The number of hydrogen-bond donors (Lipinski definition) is 1. The van der Waals surface area contributed by atoms with Crippen LogP contribution >= 0.6 is 0 Å². The summed E-state index contributed by atoms with van der Waals surface area (Å²) >= 11 is 0. The van der Waals surface area contributed by atoms with Crippen LogP contribution in [0, 0.1) is 6.92 Å². The number of nitrogens with zero attached hydrogens (tertiary/aromatic N) is 2. The van der Waals surface area contributed by atoms with E-state index in [0.29, 0.717) is 35.2 Å². The third kappa shape index (κ3) is 3.53. The summed E-state index contributed by atoms with van der Waals surface area (Å²) in [4.78, 5) is 18.2. The lowest BCUT2D eigenvalue weighted by Gasteiger charge is -2.28. The number of ether oxygens (including phenoxy) is 2. The van der Waals surface area contributed by atoms with E-state index in [4.69, 9.17) is 9.47 Å². The summed E-state index contributed by atoms with van der Waals surface area (Å²) in [6, 6.07) is 5.27. The van der Waals surface area contributed by atoms with Gasteiger partial charge in [-0.3, -0.25) is 0 Å². The van der Waals surface area contributed by atoms with Gasteiger partial charge in [0.1, 0.15) is 0 Å². The van der Waals surface area contributed by atoms with Crippen molar-refractivity contribution in [1.82, 2.24) is 10.2 Å². The van der Waals surface area contributed by atoms with Crippen LogP contribution < -0.4 is 5.32 Å². The SMILES string of the molecule is C=C1NC(=Nc2cc(C(=O)OC)ccc2C)N(CC)C=C1OC. The Labute approximate surface area is 136 Å². The molecule has 1 aliphatic rings. The molecule has 1 N–H and O–H groups in total. The average Bonchev–Trinajstić information content (AvgIpc) is 2.56. The summed E-state index contributed by atoms with van der Waals surface area (Å²) in [6.45, 7) is 8.57. The van der Waals surface area contributed by atoms with Gasteiger partial charge in [-0.15, -0.1) is 0 Å². The Kier molecular flexibility index (Phi) is 5.05. The number of benzene rings is 1. The fraction of sp³-hybridized carbons (Fsp3) is 0.294. The highest BCUT2D eigenvalue weighted by molar-refractivity contribution is 5.92. The molecule has 0 unspecified atom stereocenters. The van der Waals surface area contributed by atoms with Crippen LogP contribution in [0.3, 0.4) is 0 Å². The van der Waals surface area contributed by atoms with Crippen molar-refractivity contribution in [3.05, 3.63) is 53.6 Å². The largest absolute Gasteiger partial charge is 0.493 e. The van der Waals surface area contributed by atoms with Crippen molar-refractivity contribution in [3.63, 3.8) is 0 Å². The number of nitrogens with one attached hydrogen (secondary N) is 1. The smallest absolute Gasteiger partial charge is 0.337 e. The van der Waals surface area contributed by atoms with Crippen LogP contribution in [0.1, 0.15) is 22.8 Å². The van der Waals surface area contributed by atoms with Crippen LogP contribution in [0.15, 0.2) is 47.4 Å². The van der Waals surface area contributed by atoms with E-state index in [2.05, 4.69) is 16.9 Å². The van der Waals surface area contributed by atoms with E-state index >= 15 is 0 Å².